The van der Waals surface area contributed by atoms with Gasteiger partial charge in [0.15, 0.2) is 5.03 Å². The van der Waals surface area contributed by atoms with E-state index in [1.54, 1.807) is 20.8 Å². The van der Waals surface area contributed by atoms with E-state index in [1.807, 2.05) is 0 Å². The number of aromatic amines is 1. The maximum atomic E-state index is 12.2. The second kappa shape index (κ2) is 6.82. The zero-order chi connectivity index (χ0) is 15.3. The fraction of sp³-hybridized carbons (Fsp3) is 0.636. The quantitative estimate of drug-likeness (QED) is 0.604. The minimum Gasteiger partial charge on any atom is -0.462 e. The van der Waals surface area contributed by atoms with Gasteiger partial charge in [-0.2, -0.15) is 5.10 Å². The summed E-state index contributed by atoms with van der Waals surface area (Å²) in [6.07, 6.45) is 1.09. The number of H-pyrrole nitrogens is 1. The van der Waals surface area contributed by atoms with E-state index in [0.717, 1.165) is 6.20 Å². The molecule has 0 amide bonds. The molecule has 9 heteroatoms. The highest BCUT2D eigenvalue weighted by molar-refractivity contribution is 7.89. The first kappa shape index (κ1) is 16.6. The number of carbonyl (C=O) groups is 1. The molecule has 0 spiro atoms. The molecule has 1 heterocycles. The van der Waals surface area contributed by atoms with E-state index in [-0.39, 0.29) is 29.7 Å². The van der Waals surface area contributed by atoms with Crippen LogP contribution in [0.5, 0.6) is 0 Å². The van der Waals surface area contributed by atoms with Crippen molar-refractivity contribution in [1.29, 1.82) is 0 Å². The molecule has 20 heavy (non-hydrogen) atoms. The van der Waals surface area contributed by atoms with E-state index in [0.29, 0.717) is 0 Å². The van der Waals surface area contributed by atoms with E-state index in [1.165, 1.54) is 0 Å². The van der Waals surface area contributed by atoms with Gasteiger partial charge in [-0.3, -0.25) is 5.10 Å². The van der Waals surface area contributed by atoms with Gasteiger partial charge in [-0.05, 0) is 12.8 Å². The van der Waals surface area contributed by atoms with Crippen LogP contribution in [0, 0.1) is 5.92 Å². The molecular weight excluding hydrogens is 286 g/mol. The molecule has 0 aliphatic rings. The van der Waals surface area contributed by atoms with Crippen LogP contribution in [0.3, 0.4) is 0 Å². The average Bonchev–Trinajstić information content (AvgIpc) is 2.86. The molecule has 0 aliphatic carbocycles. The second-order valence-electron chi connectivity index (χ2n) is 4.49. The van der Waals surface area contributed by atoms with Gasteiger partial charge in [-0.15, -0.1) is 0 Å². The molecular formula is C11H19N3O5S. The van der Waals surface area contributed by atoms with E-state index < -0.39 is 22.0 Å². The third kappa shape index (κ3) is 3.78. The predicted octanol–water partition coefficient (Wildman–Crippen LogP) is -0.118. The van der Waals surface area contributed by atoms with E-state index in [2.05, 4.69) is 14.9 Å². The standard InChI is InChI=1S/C11H19N3O5S/c1-4-19-11(16)8-5-12-13-10(8)20(17,18)14-9(6-15)7(2)3/h5,7,9,14-15H,4,6H2,1-3H3,(H,12,13)/t9-/m1/s1. The van der Waals surface area contributed by atoms with Crippen LogP contribution in [0.1, 0.15) is 31.1 Å². The van der Waals surface area contributed by atoms with Crippen LogP contribution in [0.4, 0.5) is 0 Å². The first-order valence-electron chi connectivity index (χ1n) is 6.17. The molecule has 114 valence electrons. The minimum atomic E-state index is -4.00. The summed E-state index contributed by atoms with van der Waals surface area (Å²) in [5.41, 5.74) is -0.167. The van der Waals surface area contributed by atoms with Crippen molar-refractivity contribution >= 4 is 16.0 Å². The highest BCUT2D eigenvalue weighted by Gasteiger charge is 2.28. The molecule has 0 fully saturated rings. The molecule has 8 nitrogen and oxygen atoms in total. The Hall–Kier alpha value is -1.45. The first-order chi connectivity index (χ1) is 9.33. The normalized spacial score (nSPS) is 13.4. The van der Waals surface area contributed by atoms with Crippen LogP contribution in [0.15, 0.2) is 11.2 Å². The predicted molar refractivity (Wildman–Crippen MR) is 70.6 cm³/mol. The lowest BCUT2D eigenvalue weighted by atomic mass is 10.1. The van der Waals surface area contributed by atoms with E-state index in [9.17, 15) is 18.3 Å². The van der Waals surface area contributed by atoms with E-state index >= 15 is 0 Å². The Morgan fingerprint density at radius 2 is 2.20 bits per heavy atom. The number of hydrogen-bond acceptors (Lipinski definition) is 6. The SMILES string of the molecule is CCOC(=O)c1cn[nH]c1S(=O)(=O)N[C@H](CO)C(C)C. The molecule has 1 aromatic heterocycles. The zero-order valence-electron chi connectivity index (χ0n) is 11.6. The lowest BCUT2D eigenvalue weighted by Gasteiger charge is -2.19. The van der Waals surface area contributed by atoms with Gasteiger partial charge in [0.05, 0.1) is 19.4 Å². The third-order valence-corrected chi connectivity index (χ3v) is 4.14. The molecule has 0 aromatic carbocycles. The average molecular weight is 305 g/mol. The lowest BCUT2D eigenvalue weighted by molar-refractivity contribution is 0.0522. The summed E-state index contributed by atoms with van der Waals surface area (Å²) in [5, 5.41) is 14.6. The van der Waals surface area contributed by atoms with Gasteiger partial charge in [-0.1, -0.05) is 13.8 Å². The molecule has 0 unspecified atom stereocenters. The number of carbonyl (C=O) groups excluding carboxylic acids is 1. The Morgan fingerprint density at radius 3 is 2.70 bits per heavy atom. The highest BCUT2D eigenvalue weighted by atomic mass is 32.2. The van der Waals surface area contributed by atoms with Crippen molar-refractivity contribution < 1.29 is 23.1 Å². The van der Waals surface area contributed by atoms with Crippen LogP contribution >= 0.6 is 0 Å². The molecule has 1 aromatic rings. The Labute approximate surface area is 117 Å². The molecule has 1 rings (SSSR count). The molecule has 0 bridgehead atoms. The van der Waals surface area contributed by atoms with Crippen molar-refractivity contribution in [3.05, 3.63) is 11.8 Å². The van der Waals surface area contributed by atoms with Crippen molar-refractivity contribution in [3.63, 3.8) is 0 Å². The summed E-state index contributed by atoms with van der Waals surface area (Å²) in [6, 6.07) is -0.654. The summed E-state index contributed by atoms with van der Waals surface area (Å²) in [7, 11) is -4.00. The Bertz CT molecular complexity index is 552. The number of hydrogen-bond donors (Lipinski definition) is 3. The van der Waals surface area contributed by atoms with Crippen molar-refractivity contribution in [2.45, 2.75) is 31.8 Å². The van der Waals surface area contributed by atoms with Crippen LogP contribution < -0.4 is 4.72 Å². The molecule has 0 saturated carbocycles. The number of aliphatic hydroxyl groups excluding tert-OH is 1. The van der Waals surface area contributed by atoms with Crippen LogP contribution in [-0.4, -0.2) is 48.9 Å². The summed E-state index contributed by atoms with van der Waals surface area (Å²) in [6.45, 7) is 4.93. The summed E-state index contributed by atoms with van der Waals surface area (Å²) in [4.78, 5) is 11.6. The number of aliphatic hydroxyl groups is 1. The first-order valence-corrected chi connectivity index (χ1v) is 7.65. The number of ether oxygens (including phenoxy) is 1. The monoisotopic (exact) mass is 305 g/mol. The smallest absolute Gasteiger partial charge is 0.342 e. The highest BCUT2D eigenvalue weighted by Crippen LogP contribution is 2.15. The number of nitrogens with one attached hydrogen (secondary N) is 2. The molecule has 0 saturated heterocycles. The van der Waals surface area contributed by atoms with E-state index in [4.69, 9.17) is 4.74 Å². The fourth-order valence-corrected chi connectivity index (χ4v) is 2.94. The van der Waals surface area contributed by atoms with Gasteiger partial charge in [-0.25, -0.2) is 17.9 Å². The topological polar surface area (TPSA) is 121 Å². The fourth-order valence-electron chi connectivity index (χ4n) is 1.48. The van der Waals surface area contributed by atoms with Crippen molar-refractivity contribution in [3.8, 4) is 0 Å². The van der Waals surface area contributed by atoms with Gasteiger partial charge in [0.1, 0.15) is 5.56 Å². The van der Waals surface area contributed by atoms with Crippen molar-refractivity contribution in [2.24, 2.45) is 5.92 Å². The molecule has 3 N–H and O–H groups in total. The van der Waals surface area contributed by atoms with Gasteiger partial charge in [0, 0.05) is 6.04 Å². The van der Waals surface area contributed by atoms with Gasteiger partial charge >= 0.3 is 5.97 Å². The largest absolute Gasteiger partial charge is 0.462 e. The van der Waals surface area contributed by atoms with Crippen LogP contribution in [0.25, 0.3) is 0 Å². The second-order valence-corrected chi connectivity index (χ2v) is 6.14. The number of aromatic nitrogens is 2. The Kier molecular flexibility index (Phi) is 5.66. The number of sulfonamides is 1. The summed E-state index contributed by atoms with van der Waals surface area (Å²) >= 11 is 0. The molecule has 0 aliphatic heterocycles. The number of rotatable bonds is 7. The van der Waals surface area contributed by atoms with Gasteiger partial charge in [0.25, 0.3) is 10.0 Å². The summed E-state index contributed by atoms with van der Waals surface area (Å²) in [5.74, 6) is -0.879. The van der Waals surface area contributed by atoms with Gasteiger partial charge in [0.2, 0.25) is 0 Å². The van der Waals surface area contributed by atoms with Gasteiger partial charge < -0.3 is 9.84 Å². The Morgan fingerprint density at radius 1 is 1.55 bits per heavy atom. The number of nitrogens with zero attached hydrogens (tertiary/aromatic N) is 1. The van der Waals surface area contributed by atoms with Crippen LogP contribution in [0.2, 0.25) is 0 Å². The zero-order valence-corrected chi connectivity index (χ0v) is 12.4. The van der Waals surface area contributed by atoms with Crippen molar-refractivity contribution in [2.75, 3.05) is 13.2 Å². The summed E-state index contributed by atoms with van der Waals surface area (Å²) < 4.78 is 31.5. The molecule has 0 radical (unpaired) electrons. The molecule has 1 atom stereocenters. The third-order valence-electron chi connectivity index (χ3n) is 2.68. The number of esters is 1. The maximum Gasteiger partial charge on any atom is 0.342 e. The Balaban J connectivity index is 3.05. The minimum absolute atomic E-state index is 0.108. The lowest BCUT2D eigenvalue weighted by Crippen LogP contribution is -2.41. The van der Waals surface area contributed by atoms with Crippen LogP contribution in [-0.2, 0) is 14.8 Å². The van der Waals surface area contributed by atoms with Crippen molar-refractivity contribution in [1.82, 2.24) is 14.9 Å². The maximum absolute atomic E-state index is 12.2.